The molecule has 0 saturated heterocycles. The minimum absolute atomic E-state index is 0.0897. The lowest BCUT2D eigenvalue weighted by Crippen LogP contribution is -2.12. The molecule has 0 aliphatic carbocycles. The number of aromatic amines is 1. The summed E-state index contributed by atoms with van der Waals surface area (Å²) in [5, 5.41) is 18.9. The van der Waals surface area contributed by atoms with Crippen LogP contribution >= 0.6 is 0 Å². The number of nitrogens with one attached hydrogen (secondary N) is 1. The summed E-state index contributed by atoms with van der Waals surface area (Å²) in [7, 11) is 0. The molecule has 25 heavy (non-hydrogen) atoms. The van der Waals surface area contributed by atoms with Crippen LogP contribution in [0.3, 0.4) is 0 Å². The summed E-state index contributed by atoms with van der Waals surface area (Å²) in [6.07, 6.45) is -3.59. The second-order valence-corrected chi connectivity index (χ2v) is 4.82. The number of hydrogen-bond acceptors (Lipinski definition) is 6. The Labute approximate surface area is 139 Å². The molecule has 0 atom stereocenters. The summed E-state index contributed by atoms with van der Waals surface area (Å²) in [4.78, 5) is 6.62. The van der Waals surface area contributed by atoms with Crippen molar-refractivity contribution in [2.75, 3.05) is 0 Å². The van der Waals surface area contributed by atoms with Crippen molar-refractivity contribution in [1.29, 1.82) is 5.26 Å². The molecule has 0 aliphatic heterocycles. The van der Waals surface area contributed by atoms with E-state index in [1.54, 1.807) is 24.3 Å². The Morgan fingerprint density at radius 3 is 2.80 bits per heavy atom. The molecule has 0 fully saturated rings. The molecule has 3 rings (SSSR count). The predicted octanol–water partition coefficient (Wildman–Crippen LogP) is 2.73. The average molecular weight is 346 g/mol. The van der Waals surface area contributed by atoms with Crippen molar-refractivity contribution in [2.45, 2.75) is 12.8 Å². The van der Waals surface area contributed by atoms with E-state index in [4.69, 9.17) is 10.00 Å². The SMILES string of the molecule is N#Cc1n[nH]nc1-c1cccc(OCc2ccnc(C(F)(F)F)n2)c1. The molecule has 0 unspecified atom stereocenters. The van der Waals surface area contributed by atoms with Crippen molar-refractivity contribution in [3.63, 3.8) is 0 Å². The van der Waals surface area contributed by atoms with Gasteiger partial charge in [-0.05, 0) is 18.2 Å². The topological polar surface area (TPSA) is 100 Å². The lowest BCUT2D eigenvalue weighted by molar-refractivity contribution is -0.145. The summed E-state index contributed by atoms with van der Waals surface area (Å²) in [6.45, 7) is -0.168. The number of ether oxygens (including phenoxy) is 1. The van der Waals surface area contributed by atoms with E-state index in [1.807, 2.05) is 6.07 Å². The molecule has 10 heteroatoms. The maximum Gasteiger partial charge on any atom is 0.451 e. The summed E-state index contributed by atoms with van der Waals surface area (Å²) >= 11 is 0. The fraction of sp³-hybridized carbons (Fsp3) is 0.133. The number of hydrogen-bond donors (Lipinski definition) is 1. The van der Waals surface area contributed by atoms with E-state index in [1.165, 1.54) is 6.07 Å². The van der Waals surface area contributed by atoms with Gasteiger partial charge in [0, 0.05) is 11.8 Å². The van der Waals surface area contributed by atoms with Gasteiger partial charge < -0.3 is 4.74 Å². The standard InChI is InChI=1S/C15H9F3N6O/c16-15(17,18)14-20-5-4-10(21-14)8-25-11-3-1-2-9(6-11)13-12(7-19)22-24-23-13/h1-6H,8H2,(H,22,23,24). The summed E-state index contributed by atoms with van der Waals surface area (Å²) in [6, 6.07) is 9.84. The Hall–Kier alpha value is -3.48. The van der Waals surface area contributed by atoms with E-state index >= 15 is 0 Å². The normalized spacial score (nSPS) is 11.1. The summed E-state index contributed by atoms with van der Waals surface area (Å²) in [5.74, 6) is -0.833. The molecular formula is C15H9F3N6O. The van der Waals surface area contributed by atoms with Gasteiger partial charge in [-0.1, -0.05) is 12.1 Å². The van der Waals surface area contributed by atoms with Gasteiger partial charge in [-0.15, -0.1) is 5.10 Å². The van der Waals surface area contributed by atoms with Crippen LogP contribution < -0.4 is 4.74 Å². The molecule has 2 aromatic heterocycles. The quantitative estimate of drug-likeness (QED) is 0.779. The smallest absolute Gasteiger partial charge is 0.451 e. The van der Waals surface area contributed by atoms with Gasteiger partial charge in [0.05, 0.1) is 5.69 Å². The number of H-pyrrole nitrogens is 1. The predicted molar refractivity (Wildman–Crippen MR) is 77.9 cm³/mol. The highest BCUT2D eigenvalue weighted by molar-refractivity contribution is 5.65. The fourth-order valence-corrected chi connectivity index (χ4v) is 2.01. The lowest BCUT2D eigenvalue weighted by Gasteiger charge is -2.09. The van der Waals surface area contributed by atoms with Gasteiger partial charge in [0.15, 0.2) is 5.69 Å². The zero-order valence-electron chi connectivity index (χ0n) is 12.4. The highest BCUT2D eigenvalue weighted by Crippen LogP contribution is 2.26. The van der Waals surface area contributed by atoms with E-state index in [-0.39, 0.29) is 18.0 Å². The Bertz CT molecular complexity index is 931. The molecule has 7 nitrogen and oxygen atoms in total. The molecule has 0 radical (unpaired) electrons. The van der Waals surface area contributed by atoms with E-state index in [0.717, 1.165) is 6.20 Å². The van der Waals surface area contributed by atoms with Crippen LogP contribution in [0, 0.1) is 11.3 Å². The molecule has 1 N–H and O–H groups in total. The molecule has 126 valence electrons. The molecular weight excluding hydrogens is 337 g/mol. The molecule has 0 bridgehead atoms. The van der Waals surface area contributed by atoms with Crippen molar-refractivity contribution in [2.24, 2.45) is 0 Å². The third kappa shape index (κ3) is 3.72. The number of aromatic nitrogens is 5. The number of rotatable bonds is 4. The second kappa shape index (κ2) is 6.56. The first kappa shape index (κ1) is 16.4. The number of nitriles is 1. The van der Waals surface area contributed by atoms with Crippen LogP contribution in [0.15, 0.2) is 36.5 Å². The average Bonchev–Trinajstić information content (AvgIpc) is 3.08. The zero-order valence-corrected chi connectivity index (χ0v) is 12.4. The third-order valence-corrected chi connectivity index (χ3v) is 3.11. The van der Waals surface area contributed by atoms with Gasteiger partial charge in [0.25, 0.3) is 0 Å². The van der Waals surface area contributed by atoms with Gasteiger partial charge in [-0.3, -0.25) is 0 Å². The number of benzene rings is 1. The van der Waals surface area contributed by atoms with Gasteiger partial charge in [0.1, 0.15) is 24.1 Å². The molecule has 1 aromatic carbocycles. The van der Waals surface area contributed by atoms with Crippen molar-refractivity contribution < 1.29 is 17.9 Å². The van der Waals surface area contributed by atoms with Crippen LogP contribution in [-0.2, 0) is 12.8 Å². The summed E-state index contributed by atoms with van der Waals surface area (Å²) in [5.41, 5.74) is 1.16. The Kier molecular flexibility index (Phi) is 4.30. The summed E-state index contributed by atoms with van der Waals surface area (Å²) < 4.78 is 43.3. The van der Waals surface area contributed by atoms with Crippen LogP contribution in [0.2, 0.25) is 0 Å². The van der Waals surface area contributed by atoms with Gasteiger partial charge in [-0.2, -0.15) is 28.7 Å². The minimum atomic E-state index is -4.61. The maximum atomic E-state index is 12.6. The molecule has 0 saturated carbocycles. The van der Waals surface area contributed by atoms with Gasteiger partial charge >= 0.3 is 6.18 Å². The van der Waals surface area contributed by atoms with Gasteiger partial charge in [0.2, 0.25) is 5.82 Å². The van der Waals surface area contributed by atoms with Crippen molar-refractivity contribution >= 4 is 0 Å². The zero-order chi connectivity index (χ0) is 17.9. The van der Waals surface area contributed by atoms with Crippen molar-refractivity contribution in [3.05, 3.63) is 53.7 Å². The van der Waals surface area contributed by atoms with Crippen LogP contribution in [0.25, 0.3) is 11.3 Å². The van der Waals surface area contributed by atoms with Crippen LogP contribution in [0.1, 0.15) is 17.2 Å². The minimum Gasteiger partial charge on any atom is -0.487 e. The Morgan fingerprint density at radius 2 is 2.04 bits per heavy atom. The first-order valence-electron chi connectivity index (χ1n) is 6.90. The monoisotopic (exact) mass is 346 g/mol. The van der Waals surface area contributed by atoms with Crippen LogP contribution in [0.4, 0.5) is 13.2 Å². The highest BCUT2D eigenvalue weighted by Gasteiger charge is 2.34. The van der Waals surface area contributed by atoms with Crippen molar-refractivity contribution in [3.8, 4) is 23.1 Å². The number of halogens is 3. The number of alkyl halides is 3. The highest BCUT2D eigenvalue weighted by atomic mass is 19.4. The van der Waals surface area contributed by atoms with E-state index in [9.17, 15) is 13.2 Å². The van der Waals surface area contributed by atoms with Crippen molar-refractivity contribution in [1.82, 2.24) is 25.4 Å². The second-order valence-electron chi connectivity index (χ2n) is 4.82. The van der Waals surface area contributed by atoms with Crippen LogP contribution in [-0.4, -0.2) is 25.4 Å². The Balaban J connectivity index is 1.77. The van der Waals surface area contributed by atoms with E-state index in [2.05, 4.69) is 25.4 Å². The number of nitrogens with zero attached hydrogens (tertiary/aromatic N) is 5. The first-order valence-corrected chi connectivity index (χ1v) is 6.90. The fourth-order valence-electron chi connectivity index (χ4n) is 2.01. The largest absolute Gasteiger partial charge is 0.487 e. The molecule has 0 aliphatic rings. The van der Waals surface area contributed by atoms with Gasteiger partial charge in [-0.25, -0.2) is 9.97 Å². The Morgan fingerprint density at radius 1 is 1.20 bits per heavy atom. The van der Waals surface area contributed by atoms with E-state index in [0.29, 0.717) is 17.0 Å². The molecule has 0 spiro atoms. The molecule has 2 heterocycles. The maximum absolute atomic E-state index is 12.6. The third-order valence-electron chi connectivity index (χ3n) is 3.11. The van der Waals surface area contributed by atoms with Crippen LogP contribution in [0.5, 0.6) is 5.75 Å². The first-order chi connectivity index (χ1) is 12.0. The van der Waals surface area contributed by atoms with E-state index < -0.39 is 12.0 Å². The molecule has 3 aromatic rings. The molecule has 0 amide bonds. The lowest BCUT2D eigenvalue weighted by atomic mass is 10.1.